The second-order valence-electron chi connectivity index (χ2n) is 10.7. The van der Waals surface area contributed by atoms with E-state index in [0.29, 0.717) is 30.1 Å². The van der Waals surface area contributed by atoms with Crippen molar-refractivity contribution in [2.75, 3.05) is 58.1 Å². The molecule has 2 heterocycles. The largest absolute Gasteiger partial charge is 1.00 e. The second-order valence-corrected chi connectivity index (χ2v) is 12.4. The molecule has 47 heavy (non-hydrogen) atoms. The quantitative estimate of drug-likeness (QED) is 0.0850. The molecule has 246 valence electrons. The van der Waals surface area contributed by atoms with E-state index in [9.17, 15) is 9.59 Å². The third-order valence-electron chi connectivity index (χ3n) is 7.30. The molecule has 3 aromatic carbocycles. The summed E-state index contributed by atoms with van der Waals surface area (Å²) in [4.78, 5) is 35.8. The molecule has 2 N–H and O–H groups in total. The molecular formula is C33H42Br2K2N3O7+. The van der Waals surface area contributed by atoms with Crippen molar-refractivity contribution in [1.29, 1.82) is 0 Å². The summed E-state index contributed by atoms with van der Waals surface area (Å²) in [6.07, 6.45) is 2.81. The van der Waals surface area contributed by atoms with Crippen LogP contribution in [0, 0.1) is 0 Å². The number of methoxy groups -OCH3 is 2. The number of nitrogen functional groups attached to an aromatic ring is 1. The number of Topliss-reactive ketones (excluding diaryl/α,β-unsaturated/α-hetero) is 2. The number of carbonyl (C=O) groups is 3. The maximum absolute atomic E-state index is 11.2. The first kappa shape index (κ1) is 46.8. The topological polar surface area (TPSA) is 131 Å². The Morgan fingerprint density at radius 3 is 1.83 bits per heavy atom. The number of anilines is 2. The van der Waals surface area contributed by atoms with Crippen molar-refractivity contribution in [1.82, 2.24) is 0 Å². The van der Waals surface area contributed by atoms with E-state index in [1.54, 1.807) is 20.3 Å². The Labute approximate surface area is 381 Å². The van der Waals surface area contributed by atoms with E-state index in [2.05, 4.69) is 73.0 Å². The Bertz CT molecular complexity index is 1370. The molecule has 14 heteroatoms. The summed E-state index contributed by atoms with van der Waals surface area (Å²) in [7, 11) is 5.52. The molecule has 2 fully saturated rings. The van der Waals surface area contributed by atoms with E-state index in [4.69, 9.17) is 25.3 Å². The second kappa shape index (κ2) is 25.7. The fourth-order valence-electron chi connectivity index (χ4n) is 4.74. The normalized spacial score (nSPS) is 14.5. The van der Waals surface area contributed by atoms with Gasteiger partial charge in [0.2, 0.25) is 0 Å². The molecule has 2 aliphatic rings. The van der Waals surface area contributed by atoms with Crippen LogP contribution in [0.15, 0.2) is 75.7 Å². The molecule has 0 amide bonds. The summed E-state index contributed by atoms with van der Waals surface area (Å²) in [6.45, 7) is 4.48. The number of carbonyl (C=O) groups excluding carboxylic acids is 3. The molecule has 2 saturated heterocycles. The minimum atomic E-state index is -0.181. The van der Waals surface area contributed by atoms with Crippen LogP contribution in [0.2, 0.25) is 0 Å². The number of piperidine rings is 2. The van der Waals surface area contributed by atoms with Gasteiger partial charge in [0.1, 0.15) is 29.6 Å². The Morgan fingerprint density at radius 2 is 1.34 bits per heavy atom. The Kier molecular flexibility index (Phi) is 25.6. The Morgan fingerprint density at radius 1 is 0.851 bits per heavy atom. The molecule has 0 radical (unpaired) electrons. The van der Waals surface area contributed by atoms with Crippen molar-refractivity contribution >= 4 is 61.3 Å². The molecule has 0 aliphatic carbocycles. The van der Waals surface area contributed by atoms with Gasteiger partial charge in [-0.2, -0.15) is 0 Å². The SMILES string of the molecule is COc1cc(N)ccc1Br.COc1cc(N2CCC(=O)CC2)ccc1Br.C[N+]1(Cc2ccccc2)CCC(=O)CC1.O=CO[O-].[H-].[K+].[K+]. The number of likely N-dealkylation sites (tertiary alicyclic amines) is 1. The molecule has 3 aromatic rings. The van der Waals surface area contributed by atoms with Gasteiger partial charge in [-0.3, -0.25) is 14.4 Å². The van der Waals surface area contributed by atoms with Gasteiger partial charge < -0.3 is 36.2 Å². The third-order valence-corrected chi connectivity index (χ3v) is 8.61. The van der Waals surface area contributed by atoms with Gasteiger partial charge in [0, 0.05) is 55.0 Å². The molecular weight excluding hydrogens is 788 g/mol. The average Bonchev–Trinajstić information content (AvgIpc) is 3.05. The number of nitrogens with zero attached hydrogens (tertiary/aromatic N) is 2. The molecule has 10 nitrogen and oxygen atoms in total. The van der Waals surface area contributed by atoms with Crippen molar-refractivity contribution < 1.29 is 143 Å². The maximum Gasteiger partial charge on any atom is 1.00 e. The van der Waals surface area contributed by atoms with Crippen LogP contribution >= 0.6 is 31.9 Å². The minimum absolute atomic E-state index is 0. The summed E-state index contributed by atoms with van der Waals surface area (Å²) in [5.41, 5.74) is 8.70. The van der Waals surface area contributed by atoms with Crippen LogP contribution in [0.1, 0.15) is 32.7 Å². The van der Waals surface area contributed by atoms with E-state index < -0.39 is 0 Å². The predicted octanol–water partition coefficient (Wildman–Crippen LogP) is -0.782. The number of benzene rings is 3. The standard InChI is InChI=1S/C13H18NO.C12H14BrNO2.C7H8BrNO.CH2O3.2K.H/c1-14(9-7-13(15)8-10-14)11-12-5-3-2-4-6-12;1-16-12-8-9(2-3-11(12)13)14-6-4-10(15)5-7-14;1-10-7-4-5(9)2-3-6(7)8;2-1-4-3;;;/h2-6H,7-11H2,1H3;2-3,8H,4-7H2,1H3;2-4H,9H2,1H3;1,3H;;;/q+1;;;;2*+1;-1/p-1. The summed E-state index contributed by atoms with van der Waals surface area (Å²) in [6, 6.07) is 22.0. The van der Waals surface area contributed by atoms with Gasteiger partial charge in [0.25, 0.3) is 6.47 Å². The number of ketones is 2. The smallest absolute Gasteiger partial charge is 1.00 e. The summed E-state index contributed by atoms with van der Waals surface area (Å²) in [5, 5.41) is 8.43. The Hall–Kier alpha value is -0.177. The van der Waals surface area contributed by atoms with Gasteiger partial charge in [-0.25, -0.2) is 0 Å². The molecule has 0 bridgehead atoms. The van der Waals surface area contributed by atoms with Crippen LogP contribution in [0.4, 0.5) is 11.4 Å². The van der Waals surface area contributed by atoms with Gasteiger partial charge in [-0.15, -0.1) is 0 Å². The number of ether oxygens (including phenoxy) is 2. The van der Waals surface area contributed by atoms with E-state index >= 15 is 0 Å². The molecule has 0 atom stereocenters. The number of hydrogen-bond donors (Lipinski definition) is 1. The Balaban J connectivity index is 0. The zero-order chi connectivity index (χ0) is 33.2. The van der Waals surface area contributed by atoms with Crippen LogP contribution < -0.4 is 128 Å². The van der Waals surface area contributed by atoms with Gasteiger partial charge in [-0.05, 0) is 56.1 Å². The minimum Gasteiger partial charge on any atom is -1.00 e. The zero-order valence-corrected chi connectivity index (χ0v) is 37.3. The van der Waals surface area contributed by atoms with Crippen LogP contribution in [0.3, 0.4) is 0 Å². The van der Waals surface area contributed by atoms with Gasteiger partial charge in [0.05, 0.1) is 56.1 Å². The number of halogens is 2. The average molecular weight is 831 g/mol. The fraction of sp³-hybridized carbons (Fsp3) is 0.364. The van der Waals surface area contributed by atoms with Gasteiger partial charge in [-0.1, -0.05) is 30.3 Å². The van der Waals surface area contributed by atoms with Crippen LogP contribution in [0.5, 0.6) is 11.5 Å². The first-order valence-corrected chi connectivity index (χ1v) is 15.9. The summed E-state index contributed by atoms with van der Waals surface area (Å²) >= 11 is 6.74. The molecule has 0 aromatic heterocycles. The summed E-state index contributed by atoms with van der Waals surface area (Å²) in [5.74, 6) is 2.38. The van der Waals surface area contributed by atoms with Gasteiger partial charge in [0.15, 0.2) is 0 Å². The van der Waals surface area contributed by atoms with Gasteiger partial charge >= 0.3 is 103 Å². The van der Waals surface area contributed by atoms with E-state index in [1.807, 2.05) is 36.4 Å². The number of rotatable bonds is 6. The molecule has 0 saturated carbocycles. The van der Waals surface area contributed by atoms with Crippen LogP contribution in [0.25, 0.3) is 0 Å². The maximum atomic E-state index is 11.2. The number of quaternary nitrogens is 1. The zero-order valence-electron chi connectivity index (χ0n) is 28.9. The number of hydrogen-bond acceptors (Lipinski definition) is 9. The van der Waals surface area contributed by atoms with E-state index in [0.717, 1.165) is 76.2 Å². The molecule has 0 unspecified atom stereocenters. The first-order valence-electron chi connectivity index (χ1n) is 14.3. The van der Waals surface area contributed by atoms with Crippen molar-refractivity contribution in [3.63, 3.8) is 0 Å². The van der Waals surface area contributed by atoms with Crippen molar-refractivity contribution in [2.45, 2.75) is 32.2 Å². The first-order chi connectivity index (χ1) is 21.5. The van der Waals surface area contributed by atoms with E-state index in [-0.39, 0.29) is 111 Å². The fourth-order valence-corrected chi connectivity index (χ4v) is 5.56. The predicted molar refractivity (Wildman–Crippen MR) is 181 cm³/mol. The molecule has 2 aliphatic heterocycles. The van der Waals surface area contributed by atoms with Crippen molar-refractivity contribution in [2.24, 2.45) is 0 Å². The van der Waals surface area contributed by atoms with E-state index in [1.165, 1.54) is 5.56 Å². The molecule has 5 rings (SSSR count). The molecule has 0 spiro atoms. The monoisotopic (exact) mass is 828 g/mol. The van der Waals surface area contributed by atoms with Crippen molar-refractivity contribution in [3.8, 4) is 11.5 Å². The van der Waals surface area contributed by atoms with Crippen LogP contribution in [-0.4, -0.2) is 70.0 Å². The van der Waals surface area contributed by atoms with Crippen molar-refractivity contribution in [3.05, 3.63) is 81.2 Å². The van der Waals surface area contributed by atoms with Crippen LogP contribution in [-0.2, 0) is 25.8 Å². The third kappa shape index (κ3) is 18.1. The number of nitrogens with two attached hydrogens (primary N) is 1. The summed E-state index contributed by atoms with van der Waals surface area (Å²) < 4.78 is 13.1.